The predicted molar refractivity (Wildman–Crippen MR) is 97.1 cm³/mol. The van der Waals surface area contributed by atoms with Crippen LogP contribution in [0.3, 0.4) is 0 Å². The second-order valence-corrected chi connectivity index (χ2v) is 7.63. The average Bonchev–Trinajstić information content (AvgIpc) is 3.25. The SMILES string of the molecule is CC(c1cccs1)N(C)C(=O)CN1CCCC(c2ccnn2C)C1. The van der Waals surface area contributed by atoms with E-state index < -0.39 is 0 Å². The van der Waals surface area contributed by atoms with E-state index in [2.05, 4.69) is 34.4 Å². The summed E-state index contributed by atoms with van der Waals surface area (Å²) in [4.78, 5) is 18.1. The van der Waals surface area contributed by atoms with Crippen LogP contribution in [0, 0.1) is 0 Å². The highest BCUT2D eigenvalue weighted by Crippen LogP contribution is 2.27. The van der Waals surface area contributed by atoms with Gasteiger partial charge in [0.15, 0.2) is 0 Å². The monoisotopic (exact) mass is 346 g/mol. The summed E-state index contributed by atoms with van der Waals surface area (Å²) in [5, 5.41) is 6.34. The minimum atomic E-state index is 0.134. The molecule has 1 amide bonds. The van der Waals surface area contributed by atoms with Gasteiger partial charge in [0, 0.05) is 43.3 Å². The Labute approximate surface area is 147 Å². The molecular weight excluding hydrogens is 320 g/mol. The Morgan fingerprint density at radius 2 is 2.33 bits per heavy atom. The standard InChI is InChI=1S/C18H26N4OS/c1-14(17-7-5-11-24-17)20(2)18(23)13-22-10-4-6-15(12-22)16-8-9-19-21(16)3/h5,7-9,11,14-15H,4,6,10,12-13H2,1-3H3. The average molecular weight is 347 g/mol. The summed E-state index contributed by atoms with van der Waals surface area (Å²) in [6.45, 7) is 4.53. The van der Waals surface area contributed by atoms with E-state index in [9.17, 15) is 4.79 Å². The van der Waals surface area contributed by atoms with Crippen molar-refractivity contribution in [1.82, 2.24) is 19.6 Å². The first-order valence-corrected chi connectivity index (χ1v) is 9.43. The number of amides is 1. The van der Waals surface area contributed by atoms with Gasteiger partial charge in [-0.1, -0.05) is 6.07 Å². The molecule has 0 N–H and O–H groups in total. The van der Waals surface area contributed by atoms with Crippen LogP contribution in [0.25, 0.3) is 0 Å². The first-order valence-electron chi connectivity index (χ1n) is 8.55. The molecule has 1 fully saturated rings. The van der Waals surface area contributed by atoms with Crippen molar-refractivity contribution >= 4 is 17.2 Å². The van der Waals surface area contributed by atoms with Gasteiger partial charge in [-0.3, -0.25) is 14.4 Å². The number of hydrogen-bond donors (Lipinski definition) is 0. The maximum absolute atomic E-state index is 12.7. The number of likely N-dealkylation sites (tertiary alicyclic amines) is 1. The highest BCUT2D eigenvalue weighted by atomic mass is 32.1. The number of nitrogens with zero attached hydrogens (tertiary/aromatic N) is 4. The van der Waals surface area contributed by atoms with Crippen molar-refractivity contribution in [2.24, 2.45) is 7.05 Å². The molecule has 2 atom stereocenters. The fraction of sp³-hybridized carbons (Fsp3) is 0.556. The smallest absolute Gasteiger partial charge is 0.237 e. The summed E-state index contributed by atoms with van der Waals surface area (Å²) >= 11 is 1.71. The molecular formula is C18H26N4OS. The van der Waals surface area contributed by atoms with Crippen LogP contribution >= 0.6 is 11.3 Å². The van der Waals surface area contributed by atoms with Gasteiger partial charge in [-0.05, 0) is 43.8 Å². The topological polar surface area (TPSA) is 41.4 Å². The lowest BCUT2D eigenvalue weighted by molar-refractivity contribution is -0.133. The molecule has 3 heterocycles. The van der Waals surface area contributed by atoms with Gasteiger partial charge >= 0.3 is 0 Å². The highest BCUT2D eigenvalue weighted by molar-refractivity contribution is 7.10. The number of piperidine rings is 1. The Morgan fingerprint density at radius 3 is 3.00 bits per heavy atom. The molecule has 2 aromatic heterocycles. The number of rotatable bonds is 5. The summed E-state index contributed by atoms with van der Waals surface area (Å²) in [6.07, 6.45) is 4.16. The molecule has 0 aromatic carbocycles. The van der Waals surface area contributed by atoms with Gasteiger partial charge in [0.2, 0.25) is 5.91 Å². The van der Waals surface area contributed by atoms with Crippen molar-refractivity contribution in [3.63, 3.8) is 0 Å². The highest BCUT2D eigenvalue weighted by Gasteiger charge is 2.26. The van der Waals surface area contributed by atoms with Crippen molar-refractivity contribution in [1.29, 1.82) is 0 Å². The molecule has 24 heavy (non-hydrogen) atoms. The van der Waals surface area contributed by atoms with Crippen molar-refractivity contribution < 1.29 is 4.79 Å². The van der Waals surface area contributed by atoms with E-state index in [0.29, 0.717) is 12.5 Å². The molecule has 2 unspecified atom stereocenters. The quantitative estimate of drug-likeness (QED) is 0.836. The first-order chi connectivity index (χ1) is 11.6. The zero-order valence-electron chi connectivity index (χ0n) is 14.7. The summed E-state index contributed by atoms with van der Waals surface area (Å²) in [5.41, 5.74) is 1.27. The lowest BCUT2D eigenvalue weighted by Gasteiger charge is -2.34. The van der Waals surface area contributed by atoms with Gasteiger partial charge in [-0.25, -0.2) is 0 Å². The molecule has 1 saturated heterocycles. The Bertz CT molecular complexity index is 666. The van der Waals surface area contributed by atoms with Crippen molar-refractivity contribution in [3.8, 4) is 0 Å². The molecule has 3 rings (SSSR count). The molecule has 6 heteroatoms. The van der Waals surface area contributed by atoms with Crippen LogP contribution in [0.2, 0.25) is 0 Å². The van der Waals surface area contributed by atoms with Crippen LogP contribution in [0.15, 0.2) is 29.8 Å². The summed E-state index contributed by atoms with van der Waals surface area (Å²) in [5.74, 6) is 0.667. The number of hydrogen-bond acceptors (Lipinski definition) is 4. The van der Waals surface area contributed by atoms with Gasteiger partial charge in [0.25, 0.3) is 0 Å². The first kappa shape index (κ1) is 17.2. The van der Waals surface area contributed by atoms with Crippen molar-refractivity contribution in [2.75, 3.05) is 26.7 Å². The van der Waals surface area contributed by atoms with Crippen LogP contribution in [0.4, 0.5) is 0 Å². The Morgan fingerprint density at radius 1 is 1.50 bits per heavy atom. The molecule has 0 spiro atoms. The lowest BCUT2D eigenvalue weighted by Crippen LogP contribution is -2.43. The molecule has 1 aliphatic rings. The number of aryl methyl sites for hydroxylation is 1. The zero-order chi connectivity index (χ0) is 17.1. The molecule has 130 valence electrons. The minimum absolute atomic E-state index is 0.134. The minimum Gasteiger partial charge on any atom is -0.337 e. The third-order valence-electron chi connectivity index (χ3n) is 5.07. The fourth-order valence-corrected chi connectivity index (χ4v) is 4.29. The van der Waals surface area contributed by atoms with Gasteiger partial charge in [0.05, 0.1) is 12.6 Å². The van der Waals surface area contributed by atoms with E-state index in [1.165, 1.54) is 17.0 Å². The molecule has 2 aromatic rings. The molecule has 1 aliphatic heterocycles. The molecule has 0 radical (unpaired) electrons. The maximum Gasteiger partial charge on any atom is 0.237 e. The van der Waals surface area contributed by atoms with Gasteiger partial charge < -0.3 is 4.90 Å². The van der Waals surface area contributed by atoms with E-state index >= 15 is 0 Å². The zero-order valence-corrected chi connectivity index (χ0v) is 15.5. The number of carbonyl (C=O) groups is 1. The van der Waals surface area contributed by atoms with Crippen LogP contribution in [-0.4, -0.2) is 52.2 Å². The molecule has 5 nitrogen and oxygen atoms in total. The number of carbonyl (C=O) groups excluding carboxylic acids is 1. The van der Waals surface area contributed by atoms with Crippen LogP contribution in [0.1, 0.15) is 42.3 Å². The lowest BCUT2D eigenvalue weighted by atomic mass is 9.94. The van der Waals surface area contributed by atoms with Crippen molar-refractivity contribution in [3.05, 3.63) is 40.3 Å². The molecule has 0 bridgehead atoms. The number of thiophene rings is 1. The Balaban J connectivity index is 1.59. The summed E-state index contributed by atoms with van der Waals surface area (Å²) in [7, 11) is 3.91. The molecule has 0 aliphatic carbocycles. The van der Waals surface area contributed by atoms with Crippen molar-refractivity contribution in [2.45, 2.75) is 31.7 Å². The normalized spacial score (nSPS) is 20.0. The third-order valence-corrected chi connectivity index (χ3v) is 6.11. The largest absolute Gasteiger partial charge is 0.337 e. The Hall–Kier alpha value is -1.66. The number of likely N-dealkylation sites (N-methyl/N-ethyl adjacent to an activating group) is 1. The van der Waals surface area contributed by atoms with Gasteiger partial charge in [-0.15, -0.1) is 11.3 Å². The van der Waals surface area contributed by atoms with Gasteiger partial charge in [0.1, 0.15) is 0 Å². The summed E-state index contributed by atoms with van der Waals surface area (Å²) in [6, 6.07) is 6.37. The fourth-order valence-electron chi connectivity index (χ4n) is 3.46. The van der Waals surface area contributed by atoms with E-state index in [0.717, 1.165) is 19.5 Å². The summed E-state index contributed by atoms with van der Waals surface area (Å²) < 4.78 is 1.96. The third kappa shape index (κ3) is 3.70. The second-order valence-electron chi connectivity index (χ2n) is 6.65. The predicted octanol–water partition coefficient (Wildman–Crippen LogP) is 2.88. The Kier molecular flexibility index (Phi) is 5.36. The van der Waals surface area contributed by atoms with Crippen LogP contribution in [0.5, 0.6) is 0 Å². The van der Waals surface area contributed by atoms with Crippen LogP contribution < -0.4 is 0 Å². The second kappa shape index (κ2) is 7.49. The maximum atomic E-state index is 12.7. The van der Waals surface area contributed by atoms with E-state index in [1.807, 2.05) is 35.9 Å². The van der Waals surface area contributed by atoms with E-state index in [4.69, 9.17) is 0 Å². The number of aromatic nitrogens is 2. The molecule has 0 saturated carbocycles. The van der Waals surface area contributed by atoms with E-state index in [-0.39, 0.29) is 11.9 Å². The van der Waals surface area contributed by atoms with Crippen LogP contribution in [-0.2, 0) is 11.8 Å². The van der Waals surface area contributed by atoms with E-state index in [1.54, 1.807) is 11.3 Å². The van der Waals surface area contributed by atoms with Gasteiger partial charge in [-0.2, -0.15) is 5.10 Å².